The average Bonchev–Trinajstić information content (AvgIpc) is 3.43. The number of aromatic amines is 1. The third-order valence-corrected chi connectivity index (χ3v) is 7.43. The molecule has 7 N–H and O–H groups in total. The second-order valence-electron chi connectivity index (χ2n) is 10.9. The van der Waals surface area contributed by atoms with E-state index in [0.29, 0.717) is 5.76 Å². The number of carboxylic acids is 1. The van der Waals surface area contributed by atoms with Crippen molar-refractivity contribution >= 4 is 34.7 Å². The molecule has 1 aliphatic heterocycles. The molecule has 6 atom stereocenters. The van der Waals surface area contributed by atoms with Crippen LogP contribution in [0.3, 0.4) is 0 Å². The highest BCUT2D eigenvalue weighted by molar-refractivity contribution is 5.93. The zero-order valence-corrected chi connectivity index (χ0v) is 24.1. The Balaban J connectivity index is 1.61. The van der Waals surface area contributed by atoms with Gasteiger partial charge in [0.1, 0.15) is 35.6 Å². The third kappa shape index (κ3) is 7.98. The molecule has 1 aromatic heterocycles. The van der Waals surface area contributed by atoms with Gasteiger partial charge in [0, 0.05) is 42.2 Å². The van der Waals surface area contributed by atoms with Crippen LogP contribution >= 0.6 is 0 Å². The van der Waals surface area contributed by atoms with Crippen LogP contribution in [0.1, 0.15) is 39.7 Å². The lowest BCUT2D eigenvalue weighted by atomic mass is 9.99. The molecule has 5 unspecified atom stereocenters. The first-order valence-corrected chi connectivity index (χ1v) is 13.4. The van der Waals surface area contributed by atoms with Crippen molar-refractivity contribution in [2.75, 3.05) is 14.1 Å². The number of amides is 4. The molecule has 2 aromatic rings. The molecule has 0 bridgehead atoms. The normalized spacial score (nSPS) is 22.4. The van der Waals surface area contributed by atoms with E-state index in [-0.39, 0.29) is 12.8 Å². The van der Waals surface area contributed by atoms with Crippen molar-refractivity contribution in [3.63, 3.8) is 0 Å². The lowest BCUT2D eigenvalue weighted by Gasteiger charge is -2.29. The van der Waals surface area contributed by atoms with Gasteiger partial charge < -0.3 is 46.1 Å². The van der Waals surface area contributed by atoms with Crippen LogP contribution in [0.4, 0.5) is 4.79 Å². The van der Waals surface area contributed by atoms with Crippen molar-refractivity contribution in [3.8, 4) is 0 Å². The van der Waals surface area contributed by atoms with Crippen LogP contribution in [0.25, 0.3) is 10.9 Å². The van der Waals surface area contributed by atoms with Crippen molar-refractivity contribution in [3.05, 3.63) is 48.0 Å². The second kappa shape index (κ2) is 13.0. The number of carboxylic acid groups (broad SMARTS) is 1. The van der Waals surface area contributed by atoms with Gasteiger partial charge in [-0.1, -0.05) is 18.2 Å². The van der Waals surface area contributed by atoms with Crippen LogP contribution in [-0.2, 0) is 25.5 Å². The van der Waals surface area contributed by atoms with Gasteiger partial charge in [0.05, 0.1) is 0 Å². The largest absolute Gasteiger partial charge is 0.490 e. The van der Waals surface area contributed by atoms with Crippen molar-refractivity contribution in [1.82, 2.24) is 31.2 Å². The van der Waals surface area contributed by atoms with Crippen LogP contribution in [0, 0.1) is 0 Å². The molecule has 0 saturated carbocycles. The summed E-state index contributed by atoms with van der Waals surface area (Å²) in [7, 11) is 3.51. The zero-order chi connectivity index (χ0) is 30.5. The molecular weight excluding hydrogens is 532 g/mol. The number of hydrogen-bond acceptors (Lipinski definition) is 7. The molecule has 3 rings (SSSR count). The highest BCUT2D eigenvalue weighted by Gasteiger charge is 2.39. The molecule has 1 aromatic carbocycles. The molecule has 224 valence electrons. The Morgan fingerprint density at radius 1 is 1.15 bits per heavy atom. The number of ether oxygens (including phenoxy) is 1. The minimum absolute atomic E-state index is 0.0311. The quantitative estimate of drug-likeness (QED) is 0.206. The second-order valence-corrected chi connectivity index (χ2v) is 10.9. The maximum absolute atomic E-state index is 13.1. The number of likely N-dealkylation sites (N-methyl/N-ethyl adjacent to an activating group) is 1. The number of H-pyrrole nitrogens is 1. The molecule has 41 heavy (non-hydrogen) atoms. The van der Waals surface area contributed by atoms with E-state index in [9.17, 15) is 29.4 Å². The molecule has 0 spiro atoms. The van der Waals surface area contributed by atoms with Gasteiger partial charge in [-0.3, -0.25) is 9.59 Å². The van der Waals surface area contributed by atoms with Crippen LogP contribution in [0.2, 0.25) is 0 Å². The summed E-state index contributed by atoms with van der Waals surface area (Å²) in [5.74, 6) is -1.98. The predicted octanol–water partition coefficient (Wildman–Crippen LogP) is 0.804. The highest BCUT2D eigenvalue weighted by Crippen LogP contribution is 2.32. The molecule has 1 aliphatic rings. The number of aromatic nitrogens is 1. The number of rotatable bonds is 11. The zero-order valence-electron chi connectivity index (χ0n) is 24.1. The van der Waals surface area contributed by atoms with Crippen LogP contribution < -0.4 is 21.3 Å². The Bertz CT molecular complexity index is 1300. The first-order valence-electron chi connectivity index (χ1n) is 13.4. The van der Waals surface area contributed by atoms with Crippen LogP contribution in [-0.4, -0.2) is 93.9 Å². The van der Waals surface area contributed by atoms with Crippen molar-refractivity contribution < 1.29 is 34.1 Å². The van der Waals surface area contributed by atoms with Gasteiger partial charge >= 0.3 is 12.0 Å². The minimum atomic E-state index is -1.24. The summed E-state index contributed by atoms with van der Waals surface area (Å²) in [6.45, 7) is 6.55. The topological polar surface area (TPSA) is 185 Å². The number of fused-ring (bicyclic) bond motifs is 1. The van der Waals surface area contributed by atoms with Gasteiger partial charge in [0.15, 0.2) is 0 Å². The smallest absolute Gasteiger partial charge is 0.326 e. The summed E-state index contributed by atoms with van der Waals surface area (Å²) >= 11 is 0. The van der Waals surface area contributed by atoms with E-state index in [1.807, 2.05) is 24.3 Å². The summed E-state index contributed by atoms with van der Waals surface area (Å²) in [5, 5.41) is 31.0. The monoisotopic (exact) mass is 572 g/mol. The van der Waals surface area contributed by atoms with E-state index in [0.717, 1.165) is 16.5 Å². The number of aliphatic carboxylic acids is 1. The third-order valence-electron chi connectivity index (χ3n) is 7.43. The number of aliphatic hydroxyl groups is 1. The summed E-state index contributed by atoms with van der Waals surface area (Å²) in [5.41, 5.74) is 0.514. The number of nitrogens with zero attached hydrogens (tertiary/aromatic N) is 1. The van der Waals surface area contributed by atoms with Crippen LogP contribution in [0.5, 0.6) is 0 Å². The minimum Gasteiger partial charge on any atom is -0.490 e. The number of urea groups is 1. The Hall–Kier alpha value is -4.10. The number of carbonyl (C=O) groups is 4. The van der Waals surface area contributed by atoms with E-state index in [1.54, 1.807) is 46.0 Å². The summed E-state index contributed by atoms with van der Waals surface area (Å²) in [4.78, 5) is 55.4. The van der Waals surface area contributed by atoms with Crippen molar-refractivity contribution in [1.29, 1.82) is 0 Å². The van der Waals surface area contributed by atoms with Gasteiger partial charge in [0.25, 0.3) is 0 Å². The predicted molar refractivity (Wildman–Crippen MR) is 152 cm³/mol. The maximum Gasteiger partial charge on any atom is 0.326 e. The molecule has 1 saturated heterocycles. The molecule has 0 radical (unpaired) electrons. The lowest BCUT2D eigenvalue weighted by Crippen LogP contribution is -2.59. The van der Waals surface area contributed by atoms with E-state index < -0.39 is 59.7 Å². The van der Waals surface area contributed by atoms with Gasteiger partial charge in [-0.2, -0.15) is 0 Å². The number of para-hydroxylation sites is 1. The van der Waals surface area contributed by atoms with E-state index >= 15 is 0 Å². The fraction of sp³-hybridized carbons (Fsp3) is 0.500. The molecule has 1 fully saturated rings. The lowest BCUT2D eigenvalue weighted by molar-refractivity contribution is -0.139. The molecule has 4 amide bonds. The Morgan fingerprint density at radius 3 is 2.44 bits per heavy atom. The van der Waals surface area contributed by atoms with E-state index in [4.69, 9.17) is 4.74 Å². The van der Waals surface area contributed by atoms with Crippen molar-refractivity contribution in [2.24, 2.45) is 0 Å². The molecule has 13 nitrogen and oxygen atoms in total. The maximum atomic E-state index is 13.1. The Morgan fingerprint density at radius 2 is 1.83 bits per heavy atom. The molecule has 2 heterocycles. The van der Waals surface area contributed by atoms with E-state index in [1.165, 1.54) is 13.1 Å². The number of carbonyl (C=O) groups excluding carboxylic acids is 3. The highest BCUT2D eigenvalue weighted by atomic mass is 16.5. The number of benzene rings is 1. The Labute approximate surface area is 238 Å². The first kappa shape index (κ1) is 31.4. The molecular formula is C28H40N6O7. The molecule has 0 aliphatic carbocycles. The summed E-state index contributed by atoms with van der Waals surface area (Å²) < 4.78 is 5.58. The van der Waals surface area contributed by atoms with Gasteiger partial charge in [-0.25, -0.2) is 9.59 Å². The van der Waals surface area contributed by atoms with Gasteiger partial charge in [-0.15, -0.1) is 0 Å². The van der Waals surface area contributed by atoms with Gasteiger partial charge in [-0.05, 0) is 53.4 Å². The summed E-state index contributed by atoms with van der Waals surface area (Å²) in [6, 6.07) is 2.80. The number of hydrogen-bond donors (Lipinski definition) is 7. The standard InChI is InChI=1S/C28H40N6O7/c1-15(31-27(39)32-22(26(37)38)11-18-13-29-21-10-8-7-9-20(18)21)24(35)33-23(16(2)34(5)6)25(36)30-14-19-12-28(4,40)17(3)41-19/h7-10,13-17,22-23,29,40H,11-12H2,1-6H3,(H,30,36)(H,33,35)(H,37,38)(H2,31,32,39)/b19-14-/t15?,16?,17-,22?,23?,28?/m0/s1. The average molecular weight is 573 g/mol. The SMILES string of the molecule is CC(NC(=O)NC(Cc1c[nH]c2ccccc12)C(=O)O)C(=O)NC(C(=O)N/C=C1/CC(C)(O)[C@H](C)O1)C(C)N(C)C. The van der Waals surface area contributed by atoms with Crippen molar-refractivity contribution in [2.45, 2.75) is 76.4 Å². The first-order chi connectivity index (χ1) is 19.2. The van der Waals surface area contributed by atoms with Crippen LogP contribution in [0.15, 0.2) is 42.4 Å². The summed E-state index contributed by atoms with van der Waals surface area (Å²) in [6.07, 6.45) is 2.89. The fourth-order valence-corrected chi connectivity index (χ4v) is 4.38. The molecule has 13 heteroatoms. The number of nitrogens with one attached hydrogen (secondary N) is 5. The van der Waals surface area contributed by atoms with Gasteiger partial charge in [0.2, 0.25) is 11.8 Å². The Kier molecular flexibility index (Phi) is 10.00. The van der Waals surface area contributed by atoms with E-state index in [2.05, 4.69) is 26.3 Å². The fourth-order valence-electron chi connectivity index (χ4n) is 4.38.